The summed E-state index contributed by atoms with van der Waals surface area (Å²) in [6.07, 6.45) is 69.7. The lowest BCUT2D eigenvalue weighted by Crippen LogP contribution is -2.30. The van der Waals surface area contributed by atoms with Crippen LogP contribution in [0.2, 0.25) is 0 Å². The standard InChI is InChI=1S/C88H172O17P2/c1-8-9-10-11-12-13-14-15-16-17-18-19-20-21-26-29-32-35-41-50-57-64-71-87(92)104-83(75-98-85(90)69-62-55-48-40-34-31-28-25-23-22-24-27-30-33-38-45-52-59-66-79(2)3)77-102-106(94,95)100-73-82(89)74-101-107(96,97)103-78-84(76-99-86(91)70-63-56-49-44-43-47-54-61-68-81(6)7)105-88(93)72-65-58-51-42-37-36-39-46-53-60-67-80(4)5/h79-84,89H,8-78H2,1-7H3,(H,94,95)(H,96,97)/t82-,83-,84-/m1/s1. The van der Waals surface area contributed by atoms with E-state index in [4.69, 9.17) is 37.0 Å². The summed E-state index contributed by atoms with van der Waals surface area (Å²) < 4.78 is 68.9. The lowest BCUT2D eigenvalue weighted by Gasteiger charge is -2.21. The molecule has 0 saturated carbocycles. The molecule has 19 heteroatoms. The van der Waals surface area contributed by atoms with Gasteiger partial charge in [0, 0.05) is 25.7 Å². The van der Waals surface area contributed by atoms with Crippen LogP contribution in [0.3, 0.4) is 0 Å². The van der Waals surface area contributed by atoms with Gasteiger partial charge in [0.1, 0.15) is 19.3 Å². The molecule has 0 bridgehead atoms. The van der Waals surface area contributed by atoms with Gasteiger partial charge in [-0.3, -0.25) is 37.3 Å². The maximum atomic E-state index is 13.2. The third kappa shape index (κ3) is 81.9. The summed E-state index contributed by atoms with van der Waals surface area (Å²) in [5.74, 6) is 0.196. The Labute approximate surface area is 658 Å². The summed E-state index contributed by atoms with van der Waals surface area (Å²) in [5, 5.41) is 10.7. The van der Waals surface area contributed by atoms with Crippen LogP contribution in [0.5, 0.6) is 0 Å². The topological polar surface area (TPSA) is 237 Å². The molecule has 5 atom stereocenters. The third-order valence-corrected chi connectivity index (χ3v) is 22.5. The molecule has 0 aromatic heterocycles. The van der Waals surface area contributed by atoms with E-state index in [1.807, 2.05) is 0 Å². The van der Waals surface area contributed by atoms with Crippen LogP contribution in [-0.4, -0.2) is 96.7 Å². The maximum Gasteiger partial charge on any atom is 0.472 e. The molecule has 0 aliphatic carbocycles. The molecule has 0 amide bonds. The molecule has 3 N–H and O–H groups in total. The molecule has 0 heterocycles. The van der Waals surface area contributed by atoms with Crippen LogP contribution in [0.25, 0.3) is 0 Å². The van der Waals surface area contributed by atoms with Crippen LogP contribution in [0, 0.1) is 17.8 Å². The lowest BCUT2D eigenvalue weighted by molar-refractivity contribution is -0.161. The molecule has 0 radical (unpaired) electrons. The Kier molecular flexibility index (Phi) is 76.6. The van der Waals surface area contributed by atoms with E-state index < -0.39 is 97.5 Å². The fourth-order valence-electron chi connectivity index (χ4n) is 13.7. The molecular weight excluding hydrogens is 1390 g/mol. The van der Waals surface area contributed by atoms with Crippen molar-refractivity contribution < 1.29 is 80.2 Å². The highest BCUT2D eigenvalue weighted by molar-refractivity contribution is 7.47. The van der Waals surface area contributed by atoms with Gasteiger partial charge in [-0.2, -0.15) is 0 Å². The van der Waals surface area contributed by atoms with Crippen LogP contribution in [0.4, 0.5) is 0 Å². The van der Waals surface area contributed by atoms with Crippen molar-refractivity contribution in [2.24, 2.45) is 17.8 Å². The van der Waals surface area contributed by atoms with Gasteiger partial charge in [0.15, 0.2) is 12.2 Å². The minimum atomic E-state index is -4.97. The van der Waals surface area contributed by atoms with Crippen LogP contribution < -0.4 is 0 Å². The second kappa shape index (κ2) is 78.0. The highest BCUT2D eigenvalue weighted by Gasteiger charge is 2.31. The number of phosphoric acid groups is 2. The zero-order chi connectivity index (χ0) is 78.6. The number of aliphatic hydroxyl groups is 1. The average Bonchev–Trinajstić information content (AvgIpc) is 0.911. The first kappa shape index (κ1) is 105. The number of hydrogen-bond acceptors (Lipinski definition) is 15. The number of phosphoric ester groups is 2. The van der Waals surface area contributed by atoms with Crippen molar-refractivity contribution in [3.05, 3.63) is 0 Å². The zero-order valence-corrected chi connectivity index (χ0v) is 72.4. The number of hydrogen-bond donors (Lipinski definition) is 3. The Hall–Kier alpha value is -1.94. The van der Waals surface area contributed by atoms with E-state index >= 15 is 0 Å². The van der Waals surface area contributed by atoms with E-state index in [-0.39, 0.29) is 25.7 Å². The molecule has 2 unspecified atom stereocenters. The highest BCUT2D eigenvalue weighted by Crippen LogP contribution is 2.45. The minimum Gasteiger partial charge on any atom is -0.462 e. The monoisotopic (exact) mass is 1560 g/mol. The molecule has 0 aromatic rings. The Morgan fingerprint density at radius 1 is 0.252 bits per heavy atom. The fraction of sp³-hybridized carbons (Fsp3) is 0.955. The second-order valence-corrected chi connectivity index (χ2v) is 36.0. The Morgan fingerprint density at radius 3 is 0.636 bits per heavy atom. The smallest absolute Gasteiger partial charge is 0.462 e. The van der Waals surface area contributed by atoms with Crippen LogP contribution in [-0.2, 0) is 65.4 Å². The quantitative estimate of drug-likeness (QED) is 0.0222. The number of rotatable bonds is 86. The van der Waals surface area contributed by atoms with E-state index in [9.17, 15) is 43.2 Å². The van der Waals surface area contributed by atoms with Gasteiger partial charge in [0.25, 0.3) is 0 Å². The molecule has 17 nitrogen and oxygen atoms in total. The van der Waals surface area contributed by atoms with E-state index in [0.29, 0.717) is 25.7 Å². The molecule has 0 saturated heterocycles. The van der Waals surface area contributed by atoms with Crippen molar-refractivity contribution in [3.8, 4) is 0 Å². The number of carbonyl (C=O) groups is 4. The van der Waals surface area contributed by atoms with Gasteiger partial charge >= 0.3 is 39.5 Å². The van der Waals surface area contributed by atoms with Crippen LogP contribution in [0.15, 0.2) is 0 Å². The van der Waals surface area contributed by atoms with E-state index in [1.165, 1.54) is 276 Å². The molecule has 0 spiro atoms. The predicted octanol–water partition coefficient (Wildman–Crippen LogP) is 26.9. The molecular formula is C88H172O17P2. The highest BCUT2D eigenvalue weighted by atomic mass is 31.2. The largest absolute Gasteiger partial charge is 0.472 e. The molecule has 0 fully saturated rings. The Morgan fingerprint density at radius 2 is 0.430 bits per heavy atom. The second-order valence-electron chi connectivity index (χ2n) is 33.1. The number of esters is 4. The number of carbonyl (C=O) groups excluding carboxylic acids is 4. The summed E-state index contributed by atoms with van der Waals surface area (Å²) in [6, 6.07) is 0. The summed E-state index contributed by atoms with van der Waals surface area (Å²) >= 11 is 0. The third-order valence-electron chi connectivity index (χ3n) is 20.6. The molecule has 0 rings (SSSR count). The Balaban J connectivity index is 5.21. The predicted molar refractivity (Wildman–Crippen MR) is 441 cm³/mol. The molecule has 0 aromatic carbocycles. The van der Waals surface area contributed by atoms with Crippen molar-refractivity contribution >= 4 is 39.5 Å². The van der Waals surface area contributed by atoms with Gasteiger partial charge < -0.3 is 33.8 Å². The van der Waals surface area contributed by atoms with Crippen molar-refractivity contribution in [2.75, 3.05) is 39.6 Å². The zero-order valence-electron chi connectivity index (χ0n) is 70.6. The molecule has 107 heavy (non-hydrogen) atoms. The normalized spacial score (nSPS) is 13.8. The van der Waals surface area contributed by atoms with Gasteiger partial charge in [-0.05, 0) is 43.4 Å². The first-order chi connectivity index (χ1) is 51.7. The van der Waals surface area contributed by atoms with Gasteiger partial charge in [0.05, 0.1) is 26.4 Å². The fourth-order valence-corrected chi connectivity index (χ4v) is 15.3. The maximum absolute atomic E-state index is 13.2. The lowest BCUT2D eigenvalue weighted by atomic mass is 10.0. The number of aliphatic hydroxyl groups excluding tert-OH is 1. The first-order valence-electron chi connectivity index (χ1n) is 45.3. The first-order valence-corrected chi connectivity index (χ1v) is 48.3. The van der Waals surface area contributed by atoms with Crippen molar-refractivity contribution in [2.45, 2.75) is 484 Å². The molecule has 636 valence electrons. The van der Waals surface area contributed by atoms with Crippen molar-refractivity contribution in [1.82, 2.24) is 0 Å². The van der Waals surface area contributed by atoms with Crippen molar-refractivity contribution in [3.63, 3.8) is 0 Å². The van der Waals surface area contributed by atoms with E-state index in [2.05, 4.69) is 48.5 Å². The van der Waals surface area contributed by atoms with E-state index in [1.54, 1.807) is 0 Å². The van der Waals surface area contributed by atoms with Crippen LogP contribution >= 0.6 is 15.6 Å². The molecule has 0 aliphatic heterocycles. The van der Waals surface area contributed by atoms with Crippen LogP contribution in [0.1, 0.15) is 466 Å². The van der Waals surface area contributed by atoms with E-state index in [0.717, 1.165) is 108 Å². The summed E-state index contributed by atoms with van der Waals surface area (Å²) in [4.78, 5) is 73.2. The van der Waals surface area contributed by atoms with Gasteiger partial charge in [-0.1, -0.05) is 414 Å². The SMILES string of the molecule is CCCCCCCCCCCCCCCCCCCCCCCCC(=O)O[C@H](COC(=O)CCCCCCCCCCCCCCCCCCCCC(C)C)COP(=O)(O)OC[C@@H](O)COP(=O)(O)OC[C@@H](COC(=O)CCCCCCCCCCC(C)C)OC(=O)CCCCCCCCCCCCC(C)C. The van der Waals surface area contributed by atoms with Gasteiger partial charge in [-0.15, -0.1) is 0 Å². The summed E-state index contributed by atoms with van der Waals surface area (Å²) in [7, 11) is -9.93. The summed E-state index contributed by atoms with van der Waals surface area (Å²) in [5.41, 5.74) is 0. The minimum absolute atomic E-state index is 0.106. The van der Waals surface area contributed by atoms with Gasteiger partial charge in [0.2, 0.25) is 0 Å². The molecule has 0 aliphatic rings. The van der Waals surface area contributed by atoms with Gasteiger partial charge in [-0.25, -0.2) is 9.13 Å². The number of ether oxygens (including phenoxy) is 4. The average molecular weight is 1560 g/mol. The van der Waals surface area contributed by atoms with Crippen molar-refractivity contribution in [1.29, 1.82) is 0 Å². The Bertz CT molecular complexity index is 2060. The number of unbranched alkanes of at least 4 members (excludes halogenated alkanes) is 54. The summed E-state index contributed by atoms with van der Waals surface area (Å²) in [6.45, 7) is 12.0.